The van der Waals surface area contributed by atoms with Gasteiger partial charge in [-0.15, -0.1) is 0 Å². The molecule has 60 heavy (non-hydrogen) atoms. The fourth-order valence-corrected chi connectivity index (χ4v) is 12.4. The maximum absolute atomic E-state index is 14.1. The minimum atomic E-state index is -0.593. The molecule has 0 saturated heterocycles. The number of hydrogen-bond donors (Lipinski definition) is 1. The third-order valence-electron chi connectivity index (χ3n) is 15.8. The molecular formula is C48H57N2O10+. The number of amides is 1. The second-order valence-corrected chi connectivity index (χ2v) is 18.7. The van der Waals surface area contributed by atoms with Crippen molar-refractivity contribution in [2.24, 2.45) is 46.3 Å². The molecule has 2 aliphatic heterocycles. The van der Waals surface area contributed by atoms with Crippen LogP contribution in [0.2, 0.25) is 0 Å². The summed E-state index contributed by atoms with van der Waals surface area (Å²) < 4.78 is 30.9. The van der Waals surface area contributed by atoms with Gasteiger partial charge in [-0.1, -0.05) is 20.8 Å². The summed E-state index contributed by atoms with van der Waals surface area (Å²) in [6, 6.07) is 10.2. The first-order chi connectivity index (χ1) is 28.9. The molecule has 1 N–H and O–H groups in total. The summed E-state index contributed by atoms with van der Waals surface area (Å²) in [5.74, 6) is 2.92. The quantitative estimate of drug-likeness (QED) is 0.122. The van der Waals surface area contributed by atoms with Gasteiger partial charge in [0.1, 0.15) is 23.9 Å². The predicted molar refractivity (Wildman–Crippen MR) is 219 cm³/mol. The maximum atomic E-state index is 14.1. The number of ketones is 3. The zero-order valence-corrected chi connectivity index (χ0v) is 35.3. The number of aryl methyl sites for hydroxylation is 2. The van der Waals surface area contributed by atoms with Gasteiger partial charge >= 0.3 is 5.97 Å². The number of nitrogens with one attached hydrogen (secondary N) is 1. The molecule has 8 atom stereocenters. The van der Waals surface area contributed by atoms with Crippen LogP contribution in [0.4, 0.5) is 0 Å². The van der Waals surface area contributed by atoms with Crippen LogP contribution in [0.15, 0.2) is 36.5 Å². The van der Waals surface area contributed by atoms with Crippen LogP contribution in [0, 0.1) is 46.3 Å². The van der Waals surface area contributed by atoms with Gasteiger partial charge in [-0.05, 0) is 95.9 Å². The number of aromatic nitrogens is 1. The number of rotatable bonds is 12. The Kier molecular flexibility index (Phi) is 10.6. The standard InChI is InChI=1S/C48H56N2O10/c1-27(34-8-9-35-45-36(23-42(53)48(34,35)3)47(2)14-12-31(51)20-30(47)21-38(45)52)6-11-43(54)49-24-44(55)57-16-5-17-58-46-33-25-50-15-13-29-19-40-41(60-26-59-40)22-32(29)37(50)18-28(33)7-10-39(46)56-4/h7,10,18-19,22,25,27,30,34-36,45H,5-6,8-9,11-17,20-21,23-24,26H2,1-4H3/p+1/t27-,30?,34?,35?,36?,45?,47+,48-/m1/s1. The first kappa shape index (κ1) is 40.4. The molecule has 12 nitrogen and oxygen atoms in total. The number of hydrogen-bond acceptors (Lipinski definition) is 10. The monoisotopic (exact) mass is 821 g/mol. The Balaban J connectivity index is 0.737. The number of nitrogens with zero attached hydrogens (tertiary/aromatic N) is 1. The Bertz CT molecular complexity index is 2270. The normalized spacial score (nSPS) is 29.1. The third kappa shape index (κ3) is 6.91. The smallest absolute Gasteiger partial charge is 0.325 e. The van der Waals surface area contributed by atoms with Gasteiger partial charge in [-0.25, -0.2) is 0 Å². The summed E-state index contributed by atoms with van der Waals surface area (Å²) in [5, 5.41) is 4.64. The van der Waals surface area contributed by atoms with Gasteiger partial charge in [0.2, 0.25) is 18.4 Å². The van der Waals surface area contributed by atoms with Crippen molar-refractivity contribution in [2.45, 2.75) is 97.9 Å². The van der Waals surface area contributed by atoms with E-state index in [9.17, 15) is 24.0 Å². The summed E-state index contributed by atoms with van der Waals surface area (Å²) in [5.41, 5.74) is 2.70. The molecule has 0 bridgehead atoms. The number of ether oxygens (including phenoxy) is 5. The molecule has 9 rings (SSSR count). The average Bonchev–Trinajstić information content (AvgIpc) is 3.85. The number of carbonyl (C=O) groups excluding carboxylic acids is 5. The summed E-state index contributed by atoms with van der Waals surface area (Å²) >= 11 is 0. The van der Waals surface area contributed by atoms with Crippen LogP contribution < -0.4 is 28.8 Å². The Morgan fingerprint density at radius 1 is 0.983 bits per heavy atom. The lowest BCUT2D eigenvalue weighted by Crippen LogP contribution is -2.60. The van der Waals surface area contributed by atoms with Crippen LogP contribution in [0.3, 0.4) is 0 Å². The van der Waals surface area contributed by atoms with E-state index in [1.54, 1.807) is 7.11 Å². The highest BCUT2D eigenvalue weighted by Crippen LogP contribution is 2.66. The summed E-state index contributed by atoms with van der Waals surface area (Å²) in [7, 11) is 1.61. The first-order valence-electron chi connectivity index (χ1n) is 22.0. The van der Waals surface area contributed by atoms with E-state index in [1.165, 1.54) is 5.56 Å². The fraction of sp³-hybridized carbons (Fsp3) is 0.583. The Hall–Kier alpha value is -5.00. The number of benzene rings is 2. The van der Waals surface area contributed by atoms with Crippen LogP contribution in [0.1, 0.15) is 90.5 Å². The molecule has 2 aromatic carbocycles. The van der Waals surface area contributed by atoms with E-state index in [0.717, 1.165) is 65.8 Å². The van der Waals surface area contributed by atoms with Crippen LogP contribution in [-0.4, -0.2) is 62.9 Å². The minimum absolute atomic E-state index is 0.0124. The van der Waals surface area contributed by atoms with E-state index in [4.69, 9.17) is 23.7 Å². The lowest BCUT2D eigenvalue weighted by atomic mass is 9.44. The number of carbonyl (C=O) groups is 5. The van der Waals surface area contributed by atoms with E-state index in [0.29, 0.717) is 56.6 Å². The largest absolute Gasteiger partial charge is 0.493 e. The van der Waals surface area contributed by atoms with Crippen LogP contribution in [0.25, 0.3) is 22.0 Å². The first-order valence-corrected chi connectivity index (χ1v) is 22.0. The van der Waals surface area contributed by atoms with Crippen molar-refractivity contribution in [1.82, 2.24) is 5.32 Å². The Labute approximate surface area is 351 Å². The van der Waals surface area contributed by atoms with Gasteiger partial charge in [-0.2, -0.15) is 4.57 Å². The van der Waals surface area contributed by atoms with Crippen LogP contribution in [0.5, 0.6) is 23.0 Å². The van der Waals surface area contributed by atoms with E-state index < -0.39 is 11.4 Å². The molecular weight excluding hydrogens is 765 g/mol. The number of Topliss-reactive ketones (excluding diaryl/α,β-unsaturated/α-hetero) is 3. The van der Waals surface area contributed by atoms with Gasteiger partial charge in [0.05, 0.1) is 31.3 Å². The van der Waals surface area contributed by atoms with Gasteiger partial charge in [0.15, 0.2) is 35.7 Å². The number of pyridine rings is 1. The maximum Gasteiger partial charge on any atom is 0.325 e. The molecule has 4 fully saturated rings. The lowest BCUT2D eigenvalue weighted by molar-refractivity contribution is -0.686. The zero-order chi connectivity index (χ0) is 41.9. The van der Waals surface area contributed by atoms with Crippen molar-refractivity contribution >= 4 is 40.0 Å². The molecule has 5 unspecified atom stereocenters. The van der Waals surface area contributed by atoms with E-state index in [1.807, 2.05) is 12.1 Å². The lowest BCUT2D eigenvalue weighted by Gasteiger charge is -2.58. The Morgan fingerprint density at radius 3 is 2.62 bits per heavy atom. The van der Waals surface area contributed by atoms with Crippen molar-refractivity contribution in [2.75, 3.05) is 33.7 Å². The second-order valence-electron chi connectivity index (χ2n) is 18.7. The summed E-state index contributed by atoms with van der Waals surface area (Å²) in [4.78, 5) is 65.7. The average molecular weight is 822 g/mol. The van der Waals surface area contributed by atoms with E-state index >= 15 is 0 Å². The van der Waals surface area contributed by atoms with Gasteiger partial charge in [0.25, 0.3) is 0 Å². The summed E-state index contributed by atoms with van der Waals surface area (Å²) in [6.45, 7) is 7.66. The second kappa shape index (κ2) is 15.8. The molecule has 1 aromatic heterocycles. The zero-order valence-electron chi connectivity index (χ0n) is 35.3. The fourth-order valence-electron chi connectivity index (χ4n) is 12.4. The molecule has 4 aliphatic carbocycles. The SMILES string of the molecule is COc1ccc2cc3[n+](cc2c1OCCCOC(=O)CNC(=O)CC[C@@H](C)C1CCC2C4C(=O)CC5CC(=O)CC[C@]5(C)C4CC(=O)[C@@]21C)CCc1cc2c(cc1-3)OCO2. The third-order valence-corrected chi connectivity index (χ3v) is 15.8. The highest BCUT2D eigenvalue weighted by atomic mass is 16.7. The van der Waals surface area contributed by atoms with Crippen LogP contribution >= 0.6 is 0 Å². The topological polar surface area (TPSA) is 147 Å². The molecule has 6 aliphatic rings. The molecule has 4 saturated carbocycles. The van der Waals surface area contributed by atoms with E-state index in [2.05, 4.69) is 55.1 Å². The van der Waals surface area contributed by atoms with Crippen molar-refractivity contribution in [3.63, 3.8) is 0 Å². The van der Waals surface area contributed by atoms with Gasteiger partial charge in [0, 0.05) is 62.3 Å². The molecule has 1 amide bonds. The molecule has 3 heterocycles. The van der Waals surface area contributed by atoms with Crippen molar-refractivity contribution in [3.05, 3.63) is 42.1 Å². The number of fused-ring (bicyclic) bond motifs is 10. The van der Waals surface area contributed by atoms with Gasteiger partial charge in [-0.3, -0.25) is 24.0 Å². The molecule has 318 valence electrons. The molecule has 0 radical (unpaired) electrons. The van der Waals surface area contributed by atoms with Crippen molar-refractivity contribution < 1.29 is 52.2 Å². The van der Waals surface area contributed by atoms with Crippen molar-refractivity contribution in [3.8, 4) is 34.3 Å². The molecule has 3 aromatic rings. The van der Waals surface area contributed by atoms with Gasteiger partial charge < -0.3 is 29.0 Å². The Morgan fingerprint density at radius 2 is 1.80 bits per heavy atom. The minimum Gasteiger partial charge on any atom is -0.493 e. The van der Waals surface area contributed by atoms with Crippen LogP contribution in [-0.2, 0) is 41.7 Å². The predicted octanol–water partition coefficient (Wildman–Crippen LogP) is 6.52. The highest BCUT2D eigenvalue weighted by molar-refractivity contribution is 5.94. The highest BCUT2D eigenvalue weighted by Gasteiger charge is 2.66. The number of esters is 1. The molecule has 12 heteroatoms. The summed E-state index contributed by atoms with van der Waals surface area (Å²) in [6.07, 6.45) is 8.57. The molecule has 0 spiro atoms. The van der Waals surface area contributed by atoms with E-state index in [-0.39, 0.29) is 90.5 Å². The number of methoxy groups -OCH3 is 1. The van der Waals surface area contributed by atoms with Crippen molar-refractivity contribution in [1.29, 1.82) is 0 Å².